The van der Waals surface area contributed by atoms with E-state index in [1.54, 1.807) is 25.1 Å². The first-order chi connectivity index (χ1) is 10.2. The van der Waals surface area contributed by atoms with Gasteiger partial charge in [0.05, 0.1) is 20.1 Å². The summed E-state index contributed by atoms with van der Waals surface area (Å²) in [4.78, 5) is 21.6. The van der Waals surface area contributed by atoms with Crippen molar-refractivity contribution in [3.63, 3.8) is 0 Å². The van der Waals surface area contributed by atoms with E-state index in [1.807, 2.05) is 27.7 Å². The summed E-state index contributed by atoms with van der Waals surface area (Å²) in [6.07, 6.45) is 0.734. The van der Waals surface area contributed by atoms with E-state index in [0.717, 1.165) is 5.56 Å². The normalized spacial score (nSPS) is 8.29. The first kappa shape index (κ1) is 21.3. The highest BCUT2D eigenvalue weighted by Gasteiger charge is 2.10. The molecule has 0 aliphatic heterocycles. The Hall–Kier alpha value is -2.04. The number of hydrogen-bond donors (Lipinski definition) is 1. The van der Waals surface area contributed by atoms with Crippen molar-refractivity contribution in [3.8, 4) is 5.75 Å². The number of anilines is 1. The average molecular weight is 297 g/mol. The second-order valence-electron chi connectivity index (χ2n) is 3.27. The van der Waals surface area contributed by atoms with E-state index in [2.05, 4.69) is 5.32 Å². The third-order valence-electron chi connectivity index (χ3n) is 2.15. The van der Waals surface area contributed by atoms with Crippen LogP contribution in [0.1, 0.15) is 40.2 Å². The molecule has 0 atom stereocenters. The van der Waals surface area contributed by atoms with Gasteiger partial charge in [-0.25, -0.2) is 0 Å². The lowest BCUT2D eigenvalue weighted by Gasteiger charge is -2.09. The van der Waals surface area contributed by atoms with E-state index in [4.69, 9.17) is 9.47 Å². The van der Waals surface area contributed by atoms with Crippen molar-refractivity contribution >= 4 is 18.1 Å². The fraction of sp³-hybridized carbons (Fsp3) is 0.500. The van der Waals surface area contributed by atoms with Crippen molar-refractivity contribution < 1.29 is 19.1 Å². The van der Waals surface area contributed by atoms with Crippen LogP contribution in [0.25, 0.3) is 0 Å². The summed E-state index contributed by atoms with van der Waals surface area (Å²) < 4.78 is 10.0. The molecular weight excluding hydrogens is 270 g/mol. The summed E-state index contributed by atoms with van der Waals surface area (Å²) in [5.74, 6) is 0.242. The van der Waals surface area contributed by atoms with Gasteiger partial charge in [-0.2, -0.15) is 0 Å². The maximum Gasteiger partial charge on any atom is 0.310 e. The fourth-order valence-electron chi connectivity index (χ4n) is 1.42. The van der Waals surface area contributed by atoms with Crippen molar-refractivity contribution in [1.29, 1.82) is 0 Å². The highest BCUT2D eigenvalue weighted by molar-refractivity contribution is 5.76. The molecule has 5 nitrogen and oxygen atoms in total. The molecule has 0 saturated heterocycles. The monoisotopic (exact) mass is 297 g/mol. The van der Waals surface area contributed by atoms with Gasteiger partial charge in [0.1, 0.15) is 5.75 Å². The Morgan fingerprint density at radius 1 is 1.24 bits per heavy atom. The number of rotatable bonds is 6. The summed E-state index contributed by atoms with van der Waals surface area (Å²) in [5.41, 5.74) is 1.34. The quantitative estimate of drug-likeness (QED) is 0.645. The van der Waals surface area contributed by atoms with Crippen LogP contribution in [0.5, 0.6) is 5.75 Å². The molecule has 0 aliphatic carbocycles. The summed E-state index contributed by atoms with van der Waals surface area (Å²) in [7, 11) is 1.51. The van der Waals surface area contributed by atoms with Crippen molar-refractivity contribution in [1.82, 2.24) is 0 Å². The molecule has 0 saturated carbocycles. The lowest BCUT2D eigenvalue weighted by Crippen LogP contribution is -2.08. The van der Waals surface area contributed by atoms with Crippen LogP contribution in [0.4, 0.5) is 5.69 Å². The lowest BCUT2D eigenvalue weighted by molar-refractivity contribution is -0.142. The molecule has 0 radical (unpaired) electrons. The molecule has 1 amide bonds. The van der Waals surface area contributed by atoms with Crippen LogP contribution in [-0.4, -0.2) is 26.1 Å². The third-order valence-corrected chi connectivity index (χ3v) is 2.15. The molecule has 0 fully saturated rings. The molecule has 0 heterocycles. The summed E-state index contributed by atoms with van der Waals surface area (Å²) in [5, 5.41) is 2.51. The Morgan fingerprint density at radius 3 is 2.33 bits per heavy atom. The standard InChI is InChI=1S/C12H15NO4.2C2H6/c1-3-17-12(15)6-9-4-5-10(13-8-14)7-11(9)16-2;2*1-2/h4-5,7-8H,3,6H2,1-2H3,(H,13,14);2*1-2H3. The van der Waals surface area contributed by atoms with Gasteiger partial charge in [-0.1, -0.05) is 33.8 Å². The van der Waals surface area contributed by atoms with Crippen LogP contribution in [0.2, 0.25) is 0 Å². The minimum Gasteiger partial charge on any atom is -0.496 e. The van der Waals surface area contributed by atoms with Crippen LogP contribution in [0, 0.1) is 0 Å². The Bertz CT molecular complexity index is 405. The number of nitrogens with one attached hydrogen (secondary N) is 1. The highest BCUT2D eigenvalue weighted by Crippen LogP contribution is 2.23. The van der Waals surface area contributed by atoms with E-state index in [1.165, 1.54) is 7.11 Å². The number of methoxy groups -OCH3 is 1. The van der Waals surface area contributed by atoms with Crippen molar-refractivity contribution in [3.05, 3.63) is 23.8 Å². The molecule has 21 heavy (non-hydrogen) atoms. The zero-order valence-electron chi connectivity index (χ0n) is 13.9. The third kappa shape index (κ3) is 8.68. The van der Waals surface area contributed by atoms with Gasteiger partial charge in [0.2, 0.25) is 6.41 Å². The van der Waals surface area contributed by atoms with Gasteiger partial charge in [-0.05, 0) is 13.0 Å². The van der Waals surface area contributed by atoms with E-state index >= 15 is 0 Å². The smallest absolute Gasteiger partial charge is 0.310 e. The predicted octanol–water partition coefficient (Wildman–Crippen LogP) is 3.42. The van der Waals surface area contributed by atoms with Gasteiger partial charge >= 0.3 is 5.97 Å². The van der Waals surface area contributed by atoms with Gasteiger partial charge in [-0.15, -0.1) is 0 Å². The maximum absolute atomic E-state index is 11.3. The van der Waals surface area contributed by atoms with E-state index < -0.39 is 0 Å². The lowest BCUT2D eigenvalue weighted by atomic mass is 10.1. The number of hydrogen-bond acceptors (Lipinski definition) is 4. The minimum atomic E-state index is -0.304. The number of amides is 1. The summed E-state index contributed by atoms with van der Waals surface area (Å²) in [6.45, 7) is 10.1. The zero-order valence-corrected chi connectivity index (χ0v) is 13.9. The van der Waals surface area contributed by atoms with Gasteiger partial charge < -0.3 is 14.8 Å². The van der Waals surface area contributed by atoms with Crippen LogP contribution in [-0.2, 0) is 20.7 Å². The summed E-state index contributed by atoms with van der Waals surface area (Å²) >= 11 is 0. The zero-order chi connectivity index (χ0) is 16.7. The van der Waals surface area contributed by atoms with E-state index in [9.17, 15) is 9.59 Å². The highest BCUT2D eigenvalue weighted by atomic mass is 16.5. The molecule has 1 aromatic carbocycles. The van der Waals surface area contributed by atoms with Crippen molar-refractivity contribution in [2.45, 2.75) is 41.0 Å². The average Bonchev–Trinajstić information content (AvgIpc) is 2.53. The number of benzene rings is 1. The minimum absolute atomic E-state index is 0.151. The van der Waals surface area contributed by atoms with E-state index in [0.29, 0.717) is 24.5 Å². The molecule has 0 aromatic heterocycles. The Labute approximate surface area is 127 Å². The number of carbonyl (C=O) groups is 2. The molecule has 1 N–H and O–H groups in total. The van der Waals surface area contributed by atoms with Crippen LogP contribution < -0.4 is 10.1 Å². The molecule has 0 aliphatic rings. The molecule has 1 aromatic rings. The molecule has 0 spiro atoms. The van der Waals surface area contributed by atoms with Crippen molar-refractivity contribution in [2.75, 3.05) is 19.0 Å². The molecule has 0 bridgehead atoms. The SMILES string of the molecule is CC.CC.CCOC(=O)Cc1ccc(NC=O)cc1OC. The first-order valence-electron chi connectivity index (χ1n) is 7.24. The Morgan fingerprint density at radius 2 is 1.86 bits per heavy atom. The van der Waals surface area contributed by atoms with Gasteiger partial charge in [0.25, 0.3) is 0 Å². The van der Waals surface area contributed by atoms with Gasteiger partial charge in [-0.3, -0.25) is 9.59 Å². The van der Waals surface area contributed by atoms with Crippen LogP contribution >= 0.6 is 0 Å². The Balaban J connectivity index is 0. The maximum atomic E-state index is 11.3. The van der Waals surface area contributed by atoms with Gasteiger partial charge in [0, 0.05) is 17.3 Å². The number of esters is 1. The second-order valence-corrected chi connectivity index (χ2v) is 3.27. The number of carbonyl (C=O) groups excluding carboxylic acids is 2. The largest absolute Gasteiger partial charge is 0.496 e. The molecule has 120 valence electrons. The molecule has 1 rings (SSSR count). The number of ether oxygens (including phenoxy) is 2. The molecular formula is C16H27NO4. The van der Waals surface area contributed by atoms with Gasteiger partial charge in [0.15, 0.2) is 0 Å². The van der Waals surface area contributed by atoms with E-state index in [-0.39, 0.29) is 12.4 Å². The summed E-state index contributed by atoms with van der Waals surface area (Å²) in [6, 6.07) is 5.08. The van der Waals surface area contributed by atoms with Crippen LogP contribution in [0.3, 0.4) is 0 Å². The van der Waals surface area contributed by atoms with Crippen LogP contribution in [0.15, 0.2) is 18.2 Å². The second kappa shape index (κ2) is 14.4. The predicted molar refractivity (Wildman–Crippen MR) is 85.7 cm³/mol. The molecule has 5 heteroatoms. The topological polar surface area (TPSA) is 64.6 Å². The Kier molecular flexibility index (Phi) is 14.5. The fourth-order valence-corrected chi connectivity index (χ4v) is 1.42. The first-order valence-corrected chi connectivity index (χ1v) is 7.24. The molecule has 0 unspecified atom stereocenters. The van der Waals surface area contributed by atoms with Crippen molar-refractivity contribution in [2.24, 2.45) is 0 Å².